The lowest BCUT2D eigenvalue weighted by Crippen LogP contribution is -1.84. The molecule has 2 rings (SSSR count). The molecule has 0 fully saturated rings. The van der Waals surface area contributed by atoms with Crippen LogP contribution in [0, 0.1) is 0 Å². The normalized spacial score (nSPS) is 10.9. The Bertz CT molecular complexity index is 447. The quantitative estimate of drug-likeness (QED) is 0.804. The van der Waals surface area contributed by atoms with Gasteiger partial charge in [-0.05, 0) is 24.1 Å². The standard InChI is InChI=1S/C9H10BrN3/c1-2-5-3-7-8(4-6(5)10)13-9(11)12-7/h3-4H,2H2,1H3,(H3,11,12,13). The monoisotopic (exact) mass is 239 g/mol. The van der Waals surface area contributed by atoms with Gasteiger partial charge in [-0.25, -0.2) is 4.98 Å². The minimum absolute atomic E-state index is 0.468. The van der Waals surface area contributed by atoms with Crippen LogP contribution in [-0.4, -0.2) is 9.97 Å². The van der Waals surface area contributed by atoms with Gasteiger partial charge in [0, 0.05) is 4.47 Å². The van der Waals surface area contributed by atoms with Crippen LogP contribution in [0.25, 0.3) is 11.0 Å². The molecule has 0 atom stereocenters. The summed E-state index contributed by atoms with van der Waals surface area (Å²) in [5, 5.41) is 0. The van der Waals surface area contributed by atoms with E-state index in [2.05, 4.69) is 38.9 Å². The van der Waals surface area contributed by atoms with Gasteiger partial charge in [0.05, 0.1) is 11.0 Å². The zero-order chi connectivity index (χ0) is 9.42. The number of imidazole rings is 1. The second kappa shape index (κ2) is 3.03. The van der Waals surface area contributed by atoms with Crippen molar-refractivity contribution < 1.29 is 0 Å². The maximum Gasteiger partial charge on any atom is 0.198 e. The summed E-state index contributed by atoms with van der Waals surface area (Å²) in [5.74, 6) is 0.468. The number of nitrogens with two attached hydrogens (primary N) is 1. The average molecular weight is 240 g/mol. The Morgan fingerprint density at radius 1 is 1.54 bits per heavy atom. The van der Waals surface area contributed by atoms with E-state index in [0.29, 0.717) is 5.95 Å². The minimum Gasteiger partial charge on any atom is -0.369 e. The van der Waals surface area contributed by atoms with Crippen LogP contribution in [0.5, 0.6) is 0 Å². The summed E-state index contributed by atoms with van der Waals surface area (Å²) in [7, 11) is 0. The van der Waals surface area contributed by atoms with Crippen molar-refractivity contribution in [2.75, 3.05) is 5.73 Å². The summed E-state index contributed by atoms with van der Waals surface area (Å²) < 4.78 is 1.09. The van der Waals surface area contributed by atoms with E-state index in [1.165, 1.54) is 5.56 Å². The summed E-state index contributed by atoms with van der Waals surface area (Å²) in [6.45, 7) is 2.12. The van der Waals surface area contributed by atoms with Gasteiger partial charge in [-0.1, -0.05) is 22.9 Å². The van der Waals surface area contributed by atoms with E-state index in [0.717, 1.165) is 21.9 Å². The number of H-pyrrole nitrogens is 1. The van der Waals surface area contributed by atoms with Gasteiger partial charge in [-0.3, -0.25) is 0 Å². The van der Waals surface area contributed by atoms with Gasteiger partial charge in [0.2, 0.25) is 0 Å². The first-order chi connectivity index (χ1) is 6.20. The summed E-state index contributed by atoms with van der Waals surface area (Å²) >= 11 is 3.49. The summed E-state index contributed by atoms with van der Waals surface area (Å²) in [4.78, 5) is 7.15. The number of halogens is 1. The zero-order valence-corrected chi connectivity index (χ0v) is 8.85. The summed E-state index contributed by atoms with van der Waals surface area (Å²) in [6.07, 6.45) is 0.995. The molecule has 1 aromatic carbocycles. The molecule has 0 amide bonds. The fourth-order valence-corrected chi connectivity index (χ4v) is 1.98. The van der Waals surface area contributed by atoms with Crippen molar-refractivity contribution >= 4 is 32.9 Å². The molecule has 1 heterocycles. The molecule has 4 heteroatoms. The molecule has 68 valence electrons. The SMILES string of the molecule is CCc1cc2[nH]c(N)nc2cc1Br. The van der Waals surface area contributed by atoms with Gasteiger partial charge in [0.1, 0.15) is 0 Å². The molecule has 0 saturated heterocycles. The number of nitrogens with one attached hydrogen (secondary N) is 1. The highest BCUT2D eigenvalue weighted by Gasteiger charge is 2.04. The topological polar surface area (TPSA) is 54.7 Å². The van der Waals surface area contributed by atoms with Crippen molar-refractivity contribution in [1.29, 1.82) is 0 Å². The van der Waals surface area contributed by atoms with Gasteiger partial charge in [-0.2, -0.15) is 0 Å². The third-order valence-electron chi connectivity index (χ3n) is 2.05. The Hall–Kier alpha value is -1.03. The van der Waals surface area contributed by atoms with Gasteiger partial charge in [0.15, 0.2) is 5.95 Å². The Balaban J connectivity index is 2.72. The highest BCUT2D eigenvalue weighted by Crippen LogP contribution is 2.23. The lowest BCUT2D eigenvalue weighted by molar-refractivity contribution is 1.13. The molecule has 2 aromatic rings. The molecule has 0 unspecified atom stereocenters. The molecule has 0 aliphatic rings. The van der Waals surface area contributed by atoms with Gasteiger partial charge in [-0.15, -0.1) is 0 Å². The van der Waals surface area contributed by atoms with E-state index < -0.39 is 0 Å². The molecule has 0 saturated carbocycles. The van der Waals surface area contributed by atoms with Crippen LogP contribution in [-0.2, 0) is 6.42 Å². The predicted octanol–water partition coefficient (Wildman–Crippen LogP) is 2.47. The number of aromatic nitrogens is 2. The number of nitrogen functional groups attached to an aromatic ring is 1. The van der Waals surface area contributed by atoms with Gasteiger partial charge < -0.3 is 10.7 Å². The molecule has 0 spiro atoms. The fourth-order valence-electron chi connectivity index (χ4n) is 1.37. The largest absolute Gasteiger partial charge is 0.369 e. The third-order valence-corrected chi connectivity index (χ3v) is 2.79. The average Bonchev–Trinajstić information content (AvgIpc) is 2.42. The lowest BCUT2D eigenvalue weighted by atomic mass is 10.1. The molecular weight excluding hydrogens is 230 g/mol. The smallest absolute Gasteiger partial charge is 0.198 e. The van der Waals surface area contributed by atoms with Crippen LogP contribution >= 0.6 is 15.9 Å². The van der Waals surface area contributed by atoms with Crippen LogP contribution in [0.4, 0.5) is 5.95 Å². The van der Waals surface area contributed by atoms with Crippen LogP contribution in [0.1, 0.15) is 12.5 Å². The highest BCUT2D eigenvalue weighted by atomic mass is 79.9. The second-order valence-corrected chi connectivity index (χ2v) is 3.79. The van der Waals surface area contributed by atoms with Gasteiger partial charge >= 0.3 is 0 Å². The van der Waals surface area contributed by atoms with Crippen LogP contribution < -0.4 is 5.73 Å². The van der Waals surface area contributed by atoms with Crippen molar-refractivity contribution in [3.05, 3.63) is 22.2 Å². The maximum atomic E-state index is 5.55. The van der Waals surface area contributed by atoms with Crippen LogP contribution in [0.15, 0.2) is 16.6 Å². The number of anilines is 1. The number of fused-ring (bicyclic) bond motifs is 1. The van der Waals surface area contributed by atoms with E-state index in [4.69, 9.17) is 5.73 Å². The predicted molar refractivity (Wildman–Crippen MR) is 57.6 cm³/mol. The number of benzene rings is 1. The number of rotatable bonds is 1. The Morgan fingerprint density at radius 3 is 3.00 bits per heavy atom. The van der Waals surface area contributed by atoms with Crippen molar-refractivity contribution in [1.82, 2.24) is 9.97 Å². The van der Waals surface area contributed by atoms with Crippen molar-refractivity contribution in [2.45, 2.75) is 13.3 Å². The molecule has 1 aromatic heterocycles. The Morgan fingerprint density at radius 2 is 2.31 bits per heavy atom. The molecule has 3 nitrogen and oxygen atoms in total. The molecule has 13 heavy (non-hydrogen) atoms. The fraction of sp³-hybridized carbons (Fsp3) is 0.222. The van der Waals surface area contributed by atoms with Gasteiger partial charge in [0.25, 0.3) is 0 Å². The summed E-state index contributed by atoms with van der Waals surface area (Å²) in [5.41, 5.74) is 8.71. The molecule has 0 aliphatic carbocycles. The zero-order valence-electron chi connectivity index (χ0n) is 7.26. The lowest BCUT2D eigenvalue weighted by Gasteiger charge is -1.99. The van der Waals surface area contributed by atoms with Crippen molar-refractivity contribution in [3.63, 3.8) is 0 Å². The second-order valence-electron chi connectivity index (χ2n) is 2.94. The minimum atomic E-state index is 0.468. The molecule has 3 N–H and O–H groups in total. The first-order valence-corrected chi connectivity index (χ1v) is 4.93. The van der Waals surface area contributed by atoms with E-state index in [1.54, 1.807) is 0 Å². The first-order valence-electron chi connectivity index (χ1n) is 4.14. The van der Waals surface area contributed by atoms with Crippen LogP contribution in [0.3, 0.4) is 0 Å². The van der Waals surface area contributed by atoms with Crippen molar-refractivity contribution in [2.24, 2.45) is 0 Å². The van der Waals surface area contributed by atoms with E-state index in [9.17, 15) is 0 Å². The molecular formula is C9H10BrN3. The van der Waals surface area contributed by atoms with Crippen molar-refractivity contribution in [3.8, 4) is 0 Å². The third kappa shape index (κ3) is 1.42. The number of nitrogens with zero attached hydrogens (tertiary/aromatic N) is 1. The number of aryl methyl sites for hydroxylation is 1. The Kier molecular flexibility index (Phi) is 2.00. The van der Waals surface area contributed by atoms with E-state index >= 15 is 0 Å². The maximum absolute atomic E-state index is 5.55. The number of hydrogen-bond acceptors (Lipinski definition) is 2. The van der Waals surface area contributed by atoms with Crippen LogP contribution in [0.2, 0.25) is 0 Å². The molecule has 0 bridgehead atoms. The van der Waals surface area contributed by atoms with E-state index in [-0.39, 0.29) is 0 Å². The molecule has 0 aliphatic heterocycles. The Labute approximate surface area is 84.5 Å². The summed E-state index contributed by atoms with van der Waals surface area (Å²) in [6, 6.07) is 4.06. The van der Waals surface area contributed by atoms with E-state index in [1.807, 2.05) is 6.07 Å². The number of aromatic amines is 1. The molecule has 0 radical (unpaired) electrons. The highest BCUT2D eigenvalue weighted by molar-refractivity contribution is 9.10. The first kappa shape index (κ1) is 8.56. The number of hydrogen-bond donors (Lipinski definition) is 2.